The average molecular weight is 411 g/mol. The van der Waals surface area contributed by atoms with Crippen LogP contribution in [-0.4, -0.2) is 54.0 Å². The molecule has 0 radical (unpaired) electrons. The fraction of sp³-hybridized carbons (Fsp3) is 0.864. The number of hydrogen-bond acceptors (Lipinski definition) is 4. The number of fused-ring (bicyclic) bond motifs is 1. The number of aromatic nitrogens is 2. The van der Waals surface area contributed by atoms with Crippen molar-refractivity contribution in [1.82, 2.24) is 14.7 Å². The van der Waals surface area contributed by atoms with Crippen LogP contribution in [0.1, 0.15) is 68.8 Å². The van der Waals surface area contributed by atoms with E-state index in [9.17, 15) is 8.78 Å². The summed E-state index contributed by atoms with van der Waals surface area (Å²) in [5, 5.41) is 4.64. The highest BCUT2D eigenvalue weighted by atomic mass is 19.3. The molecule has 1 saturated heterocycles. The Hall–Kier alpha value is -1.05. The van der Waals surface area contributed by atoms with E-state index in [0.29, 0.717) is 19.0 Å². The van der Waals surface area contributed by atoms with Crippen LogP contribution in [-0.2, 0) is 24.2 Å². The first-order chi connectivity index (χ1) is 13.6. The molecule has 2 fully saturated rings. The average Bonchev–Trinajstić information content (AvgIpc) is 3.06. The second-order valence-corrected chi connectivity index (χ2v) is 10.6. The Morgan fingerprint density at radius 3 is 2.62 bits per heavy atom. The minimum Gasteiger partial charge on any atom is -0.380 e. The van der Waals surface area contributed by atoms with Gasteiger partial charge in [-0.3, -0.25) is 9.58 Å². The van der Waals surface area contributed by atoms with Gasteiger partial charge in [-0.15, -0.1) is 0 Å². The molecule has 29 heavy (non-hydrogen) atoms. The highest BCUT2D eigenvalue weighted by Crippen LogP contribution is 2.52. The highest BCUT2D eigenvalue weighted by molar-refractivity contribution is 5.34. The van der Waals surface area contributed by atoms with Crippen LogP contribution in [0.3, 0.4) is 0 Å². The Labute approximate surface area is 172 Å². The third-order valence-corrected chi connectivity index (χ3v) is 7.12. The second kappa shape index (κ2) is 7.57. The molecule has 0 aromatic carbocycles. The van der Waals surface area contributed by atoms with Crippen molar-refractivity contribution in [2.45, 2.75) is 77.3 Å². The van der Waals surface area contributed by atoms with E-state index < -0.39 is 5.92 Å². The lowest BCUT2D eigenvalue weighted by molar-refractivity contribution is -0.0928. The van der Waals surface area contributed by atoms with Gasteiger partial charge in [-0.25, -0.2) is 8.78 Å². The van der Waals surface area contributed by atoms with Gasteiger partial charge in [-0.05, 0) is 55.9 Å². The standard InChI is InChI=1S/C22H36F2N4O/c1-20(2)12-21(15-29-14-20)6-4-16(5-7-21)19-17(11-27(3)9-8-25)26-28-13-22(23,24)10-18(19)28/h16H,4-15,25H2,1-3H3. The van der Waals surface area contributed by atoms with E-state index in [2.05, 4.69) is 23.8 Å². The molecule has 0 bridgehead atoms. The lowest BCUT2D eigenvalue weighted by atomic mass is 9.62. The van der Waals surface area contributed by atoms with Crippen molar-refractivity contribution in [3.63, 3.8) is 0 Å². The molecule has 7 heteroatoms. The van der Waals surface area contributed by atoms with E-state index in [0.717, 1.165) is 62.4 Å². The zero-order valence-corrected chi connectivity index (χ0v) is 18.1. The number of ether oxygens (including phenoxy) is 1. The van der Waals surface area contributed by atoms with Crippen LogP contribution < -0.4 is 5.73 Å². The van der Waals surface area contributed by atoms with Crippen LogP contribution in [0.15, 0.2) is 0 Å². The lowest BCUT2D eigenvalue weighted by Crippen LogP contribution is -2.43. The smallest absolute Gasteiger partial charge is 0.272 e. The molecule has 1 aliphatic carbocycles. The van der Waals surface area contributed by atoms with E-state index in [1.54, 1.807) is 4.68 Å². The van der Waals surface area contributed by atoms with E-state index >= 15 is 0 Å². The van der Waals surface area contributed by atoms with E-state index in [4.69, 9.17) is 10.5 Å². The minimum atomic E-state index is -2.67. The van der Waals surface area contributed by atoms with Crippen molar-refractivity contribution in [3.05, 3.63) is 17.0 Å². The zero-order valence-electron chi connectivity index (χ0n) is 18.1. The summed E-state index contributed by atoms with van der Waals surface area (Å²) < 4.78 is 35.8. The van der Waals surface area contributed by atoms with Crippen molar-refractivity contribution in [2.75, 3.05) is 33.4 Å². The lowest BCUT2D eigenvalue weighted by Gasteiger charge is -2.48. The molecule has 3 heterocycles. The largest absolute Gasteiger partial charge is 0.380 e. The quantitative estimate of drug-likeness (QED) is 0.807. The third kappa shape index (κ3) is 4.37. The maximum Gasteiger partial charge on any atom is 0.272 e. The van der Waals surface area contributed by atoms with Gasteiger partial charge in [0.05, 0.1) is 25.3 Å². The minimum absolute atomic E-state index is 0.173. The Morgan fingerprint density at radius 2 is 1.97 bits per heavy atom. The first kappa shape index (κ1) is 21.2. The van der Waals surface area contributed by atoms with E-state index in [1.807, 2.05) is 7.05 Å². The summed E-state index contributed by atoms with van der Waals surface area (Å²) in [6.45, 7) is 8.01. The molecule has 0 atom stereocenters. The predicted octanol–water partition coefficient (Wildman–Crippen LogP) is 3.56. The number of halogens is 2. The molecule has 2 aliphatic heterocycles. The molecule has 4 rings (SSSR count). The maximum atomic E-state index is 14.1. The summed E-state index contributed by atoms with van der Waals surface area (Å²) in [4.78, 5) is 2.14. The summed E-state index contributed by atoms with van der Waals surface area (Å²) in [5.41, 5.74) is 9.04. The Bertz CT molecular complexity index is 737. The van der Waals surface area contributed by atoms with Crippen LogP contribution in [0.25, 0.3) is 0 Å². The monoisotopic (exact) mass is 410 g/mol. The van der Waals surface area contributed by atoms with E-state index in [1.165, 1.54) is 6.42 Å². The van der Waals surface area contributed by atoms with Crippen molar-refractivity contribution >= 4 is 0 Å². The van der Waals surface area contributed by atoms with Crippen LogP contribution in [0.4, 0.5) is 8.78 Å². The topological polar surface area (TPSA) is 56.3 Å². The number of rotatable bonds is 5. The molecule has 164 valence electrons. The van der Waals surface area contributed by atoms with Gasteiger partial charge in [0.2, 0.25) is 0 Å². The molecule has 0 unspecified atom stereocenters. The van der Waals surface area contributed by atoms with Gasteiger partial charge >= 0.3 is 0 Å². The second-order valence-electron chi connectivity index (χ2n) is 10.6. The normalized spacial score (nSPS) is 30.8. The number of likely N-dealkylation sites (N-methyl/N-ethyl adjacent to an activating group) is 1. The molecule has 1 saturated carbocycles. The van der Waals surface area contributed by atoms with Gasteiger partial charge < -0.3 is 10.5 Å². The van der Waals surface area contributed by atoms with Gasteiger partial charge in [0.25, 0.3) is 5.92 Å². The van der Waals surface area contributed by atoms with Crippen LogP contribution in [0.2, 0.25) is 0 Å². The van der Waals surface area contributed by atoms with Crippen molar-refractivity contribution in [3.8, 4) is 0 Å². The summed E-state index contributed by atoms with van der Waals surface area (Å²) >= 11 is 0. The highest BCUT2D eigenvalue weighted by Gasteiger charge is 2.46. The number of nitrogens with zero attached hydrogens (tertiary/aromatic N) is 3. The summed E-state index contributed by atoms with van der Waals surface area (Å²) in [6.07, 6.45) is 5.33. The van der Waals surface area contributed by atoms with E-state index in [-0.39, 0.29) is 23.8 Å². The van der Waals surface area contributed by atoms with Crippen LogP contribution in [0, 0.1) is 10.8 Å². The Morgan fingerprint density at radius 1 is 1.24 bits per heavy atom. The number of nitrogens with two attached hydrogens (primary N) is 1. The zero-order chi connectivity index (χ0) is 20.9. The first-order valence-corrected chi connectivity index (χ1v) is 11.0. The SMILES string of the molecule is CN(CCN)Cc1nn2c(c1C1CCC3(CC1)COCC(C)(C)C3)CC(F)(F)C2. The predicted molar refractivity (Wildman–Crippen MR) is 109 cm³/mol. The Balaban J connectivity index is 1.55. The van der Waals surface area contributed by atoms with Gasteiger partial charge in [0.1, 0.15) is 6.54 Å². The molecular formula is C22H36F2N4O. The molecule has 1 aromatic heterocycles. The van der Waals surface area contributed by atoms with Gasteiger partial charge in [-0.1, -0.05) is 13.8 Å². The number of alkyl halides is 2. The molecule has 2 N–H and O–H groups in total. The molecule has 1 spiro atoms. The summed E-state index contributed by atoms with van der Waals surface area (Å²) in [6, 6.07) is 0. The first-order valence-electron chi connectivity index (χ1n) is 11.0. The molecule has 3 aliphatic rings. The van der Waals surface area contributed by atoms with Gasteiger partial charge in [-0.2, -0.15) is 5.10 Å². The van der Waals surface area contributed by atoms with Gasteiger partial charge in [0, 0.05) is 30.9 Å². The van der Waals surface area contributed by atoms with Crippen LogP contribution in [0.5, 0.6) is 0 Å². The third-order valence-electron chi connectivity index (χ3n) is 7.12. The molecular weight excluding hydrogens is 374 g/mol. The van der Waals surface area contributed by atoms with Crippen molar-refractivity contribution in [1.29, 1.82) is 0 Å². The van der Waals surface area contributed by atoms with Crippen LogP contribution >= 0.6 is 0 Å². The summed E-state index contributed by atoms with van der Waals surface area (Å²) in [7, 11) is 2.02. The van der Waals surface area contributed by atoms with Crippen molar-refractivity contribution in [2.24, 2.45) is 16.6 Å². The molecule has 1 aromatic rings. The number of hydrogen-bond donors (Lipinski definition) is 1. The summed E-state index contributed by atoms with van der Waals surface area (Å²) in [5.74, 6) is -2.35. The van der Waals surface area contributed by atoms with Crippen molar-refractivity contribution < 1.29 is 13.5 Å². The maximum absolute atomic E-state index is 14.1. The Kier molecular flexibility index (Phi) is 5.53. The molecule has 0 amide bonds. The molecule has 5 nitrogen and oxygen atoms in total. The fourth-order valence-corrected chi connectivity index (χ4v) is 6.05. The fourth-order valence-electron chi connectivity index (χ4n) is 6.05. The van der Waals surface area contributed by atoms with Gasteiger partial charge in [0.15, 0.2) is 0 Å².